The Bertz CT molecular complexity index is 1440. The SMILES string of the molecule is C=C(C)c1ccc(CN2C(=O)C(=Cc3ccccc3)Sc3ccc(C(=O)NCCCN(C)C4CCCCC4)cc32)cc1. The van der Waals surface area contributed by atoms with Crippen LogP contribution in [0.2, 0.25) is 0 Å². The molecule has 1 saturated carbocycles. The van der Waals surface area contributed by atoms with Crippen LogP contribution in [0.4, 0.5) is 5.69 Å². The average molecular weight is 580 g/mol. The van der Waals surface area contributed by atoms with Crippen LogP contribution in [0, 0.1) is 0 Å². The summed E-state index contributed by atoms with van der Waals surface area (Å²) in [7, 11) is 2.21. The van der Waals surface area contributed by atoms with Gasteiger partial charge < -0.3 is 15.1 Å². The van der Waals surface area contributed by atoms with Gasteiger partial charge in [-0.2, -0.15) is 0 Å². The van der Waals surface area contributed by atoms with Crippen molar-refractivity contribution in [3.8, 4) is 0 Å². The minimum absolute atomic E-state index is 0.0661. The fourth-order valence-electron chi connectivity index (χ4n) is 5.72. The number of rotatable bonds is 10. The number of thioether (sulfide) groups is 1. The zero-order valence-corrected chi connectivity index (χ0v) is 25.6. The minimum atomic E-state index is -0.105. The molecule has 5 nitrogen and oxygen atoms in total. The monoisotopic (exact) mass is 579 g/mol. The number of hydrogen-bond donors (Lipinski definition) is 1. The Morgan fingerprint density at radius 1 is 1.02 bits per heavy atom. The molecule has 2 amide bonds. The van der Waals surface area contributed by atoms with Crippen LogP contribution in [-0.2, 0) is 11.3 Å². The van der Waals surface area contributed by atoms with Crippen LogP contribution < -0.4 is 10.2 Å². The Morgan fingerprint density at radius 3 is 2.45 bits per heavy atom. The van der Waals surface area contributed by atoms with Crippen molar-refractivity contribution < 1.29 is 9.59 Å². The number of amides is 2. The first-order valence-electron chi connectivity index (χ1n) is 15.0. The van der Waals surface area contributed by atoms with E-state index in [1.165, 1.54) is 43.9 Å². The molecular weight excluding hydrogens is 538 g/mol. The maximum Gasteiger partial charge on any atom is 0.265 e. The van der Waals surface area contributed by atoms with Crippen LogP contribution in [-0.4, -0.2) is 42.9 Å². The van der Waals surface area contributed by atoms with E-state index in [2.05, 4.69) is 23.8 Å². The highest BCUT2D eigenvalue weighted by atomic mass is 32.2. The number of anilines is 1. The number of carbonyl (C=O) groups is 2. The van der Waals surface area contributed by atoms with Crippen molar-refractivity contribution in [3.05, 3.63) is 107 Å². The van der Waals surface area contributed by atoms with E-state index in [9.17, 15) is 9.59 Å². The van der Waals surface area contributed by atoms with Crippen LogP contribution in [0.3, 0.4) is 0 Å². The maximum absolute atomic E-state index is 13.9. The van der Waals surface area contributed by atoms with Crippen molar-refractivity contribution >= 4 is 40.9 Å². The maximum atomic E-state index is 13.9. The Morgan fingerprint density at radius 2 is 1.74 bits per heavy atom. The van der Waals surface area contributed by atoms with Gasteiger partial charge in [0.1, 0.15) is 0 Å². The molecule has 1 aliphatic carbocycles. The first-order valence-corrected chi connectivity index (χ1v) is 15.8. The average Bonchev–Trinajstić information content (AvgIpc) is 3.02. The Labute approximate surface area is 254 Å². The number of carbonyl (C=O) groups excluding carboxylic acids is 2. The molecule has 218 valence electrons. The molecule has 0 atom stereocenters. The van der Waals surface area contributed by atoms with Crippen molar-refractivity contribution in [1.29, 1.82) is 0 Å². The van der Waals surface area contributed by atoms with Gasteiger partial charge in [-0.25, -0.2) is 0 Å². The first kappa shape index (κ1) is 29.9. The van der Waals surface area contributed by atoms with E-state index in [-0.39, 0.29) is 11.8 Å². The van der Waals surface area contributed by atoms with E-state index in [4.69, 9.17) is 0 Å². The summed E-state index contributed by atoms with van der Waals surface area (Å²) in [5, 5.41) is 3.10. The van der Waals surface area contributed by atoms with Crippen molar-refractivity contribution in [3.63, 3.8) is 0 Å². The Kier molecular flexibility index (Phi) is 9.98. The predicted molar refractivity (Wildman–Crippen MR) is 176 cm³/mol. The van der Waals surface area contributed by atoms with Crippen molar-refractivity contribution in [2.45, 2.75) is 62.9 Å². The topological polar surface area (TPSA) is 52.7 Å². The number of nitrogens with zero attached hydrogens (tertiary/aromatic N) is 2. The number of benzene rings is 3. The normalized spacial score (nSPS) is 16.5. The van der Waals surface area contributed by atoms with Crippen LogP contribution in [0.25, 0.3) is 11.6 Å². The van der Waals surface area contributed by atoms with Gasteiger partial charge in [0, 0.05) is 23.0 Å². The largest absolute Gasteiger partial charge is 0.352 e. The van der Waals surface area contributed by atoms with Gasteiger partial charge in [0.25, 0.3) is 11.8 Å². The van der Waals surface area contributed by atoms with Gasteiger partial charge in [-0.15, -0.1) is 0 Å². The molecular formula is C36H41N3O2S. The van der Waals surface area contributed by atoms with E-state index < -0.39 is 0 Å². The van der Waals surface area contributed by atoms with Crippen molar-refractivity contribution in [1.82, 2.24) is 10.2 Å². The lowest BCUT2D eigenvalue weighted by atomic mass is 9.94. The lowest BCUT2D eigenvalue weighted by Gasteiger charge is -2.31. The smallest absolute Gasteiger partial charge is 0.265 e. The van der Waals surface area contributed by atoms with Crippen molar-refractivity contribution in [2.75, 3.05) is 25.0 Å². The highest BCUT2D eigenvalue weighted by Crippen LogP contribution is 2.43. The zero-order valence-electron chi connectivity index (χ0n) is 24.8. The third-order valence-electron chi connectivity index (χ3n) is 8.24. The molecule has 0 aromatic heterocycles. The molecule has 1 aliphatic heterocycles. The molecule has 0 bridgehead atoms. The third-order valence-corrected chi connectivity index (χ3v) is 9.32. The second-order valence-electron chi connectivity index (χ2n) is 11.5. The third kappa shape index (κ3) is 7.42. The molecule has 3 aromatic rings. The summed E-state index contributed by atoms with van der Waals surface area (Å²) >= 11 is 1.46. The van der Waals surface area contributed by atoms with Crippen molar-refractivity contribution in [2.24, 2.45) is 0 Å². The van der Waals surface area contributed by atoms with E-state index in [0.717, 1.165) is 45.8 Å². The van der Waals surface area contributed by atoms with Gasteiger partial charge in [-0.1, -0.05) is 97.8 Å². The van der Waals surface area contributed by atoms with Gasteiger partial charge in [-0.3, -0.25) is 9.59 Å². The van der Waals surface area contributed by atoms with E-state index in [1.54, 1.807) is 4.90 Å². The molecule has 1 heterocycles. The van der Waals surface area contributed by atoms with E-state index in [1.807, 2.05) is 85.8 Å². The molecule has 0 spiro atoms. The molecule has 5 rings (SSSR count). The lowest BCUT2D eigenvalue weighted by Crippen LogP contribution is -2.36. The van der Waals surface area contributed by atoms with E-state index in [0.29, 0.717) is 29.6 Å². The lowest BCUT2D eigenvalue weighted by molar-refractivity contribution is -0.114. The van der Waals surface area contributed by atoms with Gasteiger partial charge in [-0.05, 0) is 80.7 Å². The van der Waals surface area contributed by atoms with Crippen LogP contribution >= 0.6 is 11.8 Å². The Balaban J connectivity index is 1.32. The van der Waals surface area contributed by atoms with Crippen LogP contribution in [0.15, 0.2) is 89.2 Å². The molecule has 2 aliphatic rings. The quantitative estimate of drug-likeness (QED) is 0.197. The fraction of sp³-hybridized carbons (Fsp3) is 0.333. The van der Waals surface area contributed by atoms with E-state index >= 15 is 0 Å². The molecule has 0 unspecified atom stereocenters. The summed E-state index contributed by atoms with van der Waals surface area (Å²) in [6.45, 7) is 8.03. The molecule has 1 fully saturated rings. The predicted octanol–water partition coefficient (Wildman–Crippen LogP) is 7.78. The zero-order chi connectivity index (χ0) is 29.5. The second-order valence-corrected chi connectivity index (χ2v) is 12.5. The second kappa shape index (κ2) is 14.0. The number of fused-ring (bicyclic) bond motifs is 1. The summed E-state index contributed by atoms with van der Waals surface area (Å²) in [6, 6.07) is 24.4. The van der Waals surface area contributed by atoms with Crippen LogP contribution in [0.1, 0.15) is 72.5 Å². The van der Waals surface area contributed by atoms with Gasteiger partial charge in [0.2, 0.25) is 0 Å². The van der Waals surface area contributed by atoms with Gasteiger partial charge in [0.05, 0.1) is 17.1 Å². The van der Waals surface area contributed by atoms with Gasteiger partial charge in [0.15, 0.2) is 0 Å². The summed E-state index contributed by atoms with van der Waals surface area (Å²) in [4.78, 5) is 32.9. The number of allylic oxidation sites excluding steroid dienone is 1. The summed E-state index contributed by atoms with van der Waals surface area (Å²) in [5.41, 5.74) is 5.41. The summed E-state index contributed by atoms with van der Waals surface area (Å²) in [5.74, 6) is -0.171. The van der Waals surface area contributed by atoms with Gasteiger partial charge >= 0.3 is 0 Å². The van der Waals surface area contributed by atoms with Crippen LogP contribution in [0.5, 0.6) is 0 Å². The molecule has 42 heavy (non-hydrogen) atoms. The molecule has 3 aromatic carbocycles. The highest BCUT2D eigenvalue weighted by Gasteiger charge is 2.30. The fourth-order valence-corrected chi connectivity index (χ4v) is 6.76. The number of nitrogens with one attached hydrogen (secondary N) is 1. The summed E-state index contributed by atoms with van der Waals surface area (Å²) < 4.78 is 0. The first-order chi connectivity index (χ1) is 20.4. The minimum Gasteiger partial charge on any atom is -0.352 e. The number of hydrogen-bond acceptors (Lipinski definition) is 4. The molecule has 6 heteroatoms. The molecule has 0 saturated heterocycles. The summed E-state index contributed by atoms with van der Waals surface area (Å²) in [6.07, 6.45) is 9.43. The highest BCUT2D eigenvalue weighted by molar-refractivity contribution is 8.04. The standard InChI is InChI=1S/C36H41N3O2S/c1-26(2)29-17-15-28(16-18-29)25-39-32-24-30(35(40)37-21-10-22-38(3)31-13-8-5-9-14-31)19-20-33(32)42-34(36(39)41)23-27-11-6-4-7-12-27/h4,6-7,11-12,15-20,23-24,31H,1,5,8-10,13-14,21-22,25H2,2-3H3,(H,37,40). The Hall–Kier alpha value is -3.61. The molecule has 0 radical (unpaired) electrons. The molecule has 1 N–H and O–H groups in total.